The van der Waals surface area contributed by atoms with Crippen LogP contribution in [0.4, 0.5) is 14.9 Å². The second-order valence-electron chi connectivity index (χ2n) is 9.09. The Labute approximate surface area is 200 Å². The zero-order chi connectivity index (χ0) is 24.5. The van der Waals surface area contributed by atoms with E-state index in [2.05, 4.69) is 16.0 Å². The quantitative estimate of drug-likeness (QED) is 0.553. The van der Waals surface area contributed by atoms with E-state index in [9.17, 15) is 18.8 Å². The number of carbonyl (C=O) groups is 3. The molecule has 1 heterocycles. The fourth-order valence-electron chi connectivity index (χ4n) is 4.13. The molecule has 4 amide bonds. The van der Waals surface area contributed by atoms with Gasteiger partial charge in [0.15, 0.2) is 0 Å². The van der Waals surface area contributed by atoms with Gasteiger partial charge in [0.05, 0.1) is 6.42 Å². The Bertz CT molecular complexity index is 983. The van der Waals surface area contributed by atoms with Gasteiger partial charge >= 0.3 is 6.03 Å². The molecule has 0 saturated carbocycles. The van der Waals surface area contributed by atoms with Crippen molar-refractivity contribution in [2.75, 3.05) is 25.0 Å². The zero-order valence-electron chi connectivity index (χ0n) is 19.7. The molecule has 7 nitrogen and oxygen atoms in total. The lowest BCUT2D eigenvalue weighted by Gasteiger charge is -2.36. The van der Waals surface area contributed by atoms with E-state index in [0.29, 0.717) is 25.3 Å². The van der Waals surface area contributed by atoms with Crippen molar-refractivity contribution < 1.29 is 18.8 Å². The van der Waals surface area contributed by atoms with Crippen LogP contribution in [-0.2, 0) is 16.0 Å². The summed E-state index contributed by atoms with van der Waals surface area (Å²) in [6.45, 7) is 5.38. The number of amides is 4. The summed E-state index contributed by atoms with van der Waals surface area (Å²) in [5.41, 5.74) is 1.28. The summed E-state index contributed by atoms with van der Waals surface area (Å²) in [6, 6.07) is 14.1. The van der Waals surface area contributed by atoms with Crippen LogP contribution >= 0.6 is 0 Å². The average Bonchev–Trinajstić information content (AvgIpc) is 2.81. The molecule has 0 aromatic heterocycles. The highest BCUT2D eigenvalue weighted by molar-refractivity contribution is 5.89. The number of urea groups is 1. The summed E-state index contributed by atoms with van der Waals surface area (Å²) >= 11 is 0. The first kappa shape index (κ1) is 25.2. The summed E-state index contributed by atoms with van der Waals surface area (Å²) in [6.07, 6.45) is 1.94. The van der Waals surface area contributed by atoms with Gasteiger partial charge in [-0.15, -0.1) is 0 Å². The first-order valence-electron chi connectivity index (χ1n) is 11.7. The van der Waals surface area contributed by atoms with Crippen molar-refractivity contribution in [2.24, 2.45) is 11.8 Å². The van der Waals surface area contributed by atoms with Gasteiger partial charge in [0, 0.05) is 25.3 Å². The van der Waals surface area contributed by atoms with Crippen LogP contribution in [0.15, 0.2) is 54.6 Å². The number of hydrogen-bond acceptors (Lipinski definition) is 3. The van der Waals surface area contributed by atoms with E-state index >= 15 is 0 Å². The predicted molar refractivity (Wildman–Crippen MR) is 130 cm³/mol. The van der Waals surface area contributed by atoms with Gasteiger partial charge in [-0.25, -0.2) is 9.18 Å². The van der Waals surface area contributed by atoms with E-state index in [1.807, 2.05) is 44.2 Å². The Kier molecular flexibility index (Phi) is 9.01. The molecule has 0 radical (unpaired) electrons. The highest BCUT2D eigenvalue weighted by atomic mass is 19.1. The summed E-state index contributed by atoms with van der Waals surface area (Å²) in [5.74, 6) is -0.644. The number of nitrogens with zero attached hydrogens (tertiary/aromatic N) is 1. The van der Waals surface area contributed by atoms with E-state index in [-0.39, 0.29) is 30.1 Å². The lowest BCUT2D eigenvalue weighted by atomic mass is 9.95. The van der Waals surface area contributed by atoms with Crippen LogP contribution in [0, 0.1) is 17.7 Å². The molecule has 2 aromatic rings. The van der Waals surface area contributed by atoms with Gasteiger partial charge in [-0.1, -0.05) is 50.2 Å². The second-order valence-corrected chi connectivity index (χ2v) is 9.09. The summed E-state index contributed by atoms with van der Waals surface area (Å²) in [5, 5.41) is 8.34. The molecule has 3 rings (SSSR count). The topological polar surface area (TPSA) is 90.5 Å². The maximum Gasteiger partial charge on any atom is 0.319 e. The summed E-state index contributed by atoms with van der Waals surface area (Å²) in [7, 11) is 0. The lowest BCUT2D eigenvalue weighted by Crippen LogP contribution is -2.54. The van der Waals surface area contributed by atoms with Gasteiger partial charge in [-0.05, 0) is 48.4 Å². The maximum atomic E-state index is 13.3. The summed E-state index contributed by atoms with van der Waals surface area (Å²) in [4.78, 5) is 39.8. The number of likely N-dealkylation sites (tertiary alicyclic amines) is 1. The Morgan fingerprint density at radius 2 is 1.85 bits per heavy atom. The zero-order valence-corrected chi connectivity index (χ0v) is 19.7. The number of anilines is 1. The van der Waals surface area contributed by atoms with E-state index < -0.39 is 17.9 Å². The number of carbonyl (C=O) groups excluding carboxylic acids is 3. The fraction of sp³-hybridized carbons (Fsp3) is 0.423. The van der Waals surface area contributed by atoms with Crippen LogP contribution in [0.5, 0.6) is 0 Å². The minimum absolute atomic E-state index is 0.0530. The second kappa shape index (κ2) is 12.2. The molecule has 182 valence electrons. The lowest BCUT2D eigenvalue weighted by molar-refractivity contribution is -0.139. The van der Waals surface area contributed by atoms with Crippen LogP contribution < -0.4 is 16.0 Å². The van der Waals surface area contributed by atoms with E-state index in [1.54, 1.807) is 11.0 Å². The van der Waals surface area contributed by atoms with Gasteiger partial charge in [0.1, 0.15) is 11.9 Å². The molecule has 1 saturated heterocycles. The molecule has 8 heteroatoms. The number of halogens is 1. The van der Waals surface area contributed by atoms with Crippen molar-refractivity contribution in [3.05, 3.63) is 66.0 Å². The SMILES string of the molecule is CC(C)[C@H](NC(=O)Cc1ccccc1)C(=O)N1CCC[C@H](CNC(=O)Nc2cccc(F)c2)C1. The molecule has 0 spiro atoms. The molecular weight excluding hydrogens is 435 g/mol. The van der Waals surface area contributed by atoms with Crippen molar-refractivity contribution in [2.45, 2.75) is 39.2 Å². The number of benzene rings is 2. The van der Waals surface area contributed by atoms with Gasteiger partial charge < -0.3 is 20.9 Å². The van der Waals surface area contributed by atoms with E-state index in [4.69, 9.17) is 0 Å². The van der Waals surface area contributed by atoms with Crippen LogP contribution in [0.1, 0.15) is 32.3 Å². The van der Waals surface area contributed by atoms with E-state index in [0.717, 1.165) is 18.4 Å². The predicted octanol–water partition coefficient (Wildman–Crippen LogP) is 3.57. The third-order valence-electron chi connectivity index (χ3n) is 5.92. The van der Waals surface area contributed by atoms with Gasteiger partial charge in [-0.3, -0.25) is 9.59 Å². The fourth-order valence-corrected chi connectivity index (χ4v) is 4.13. The van der Waals surface area contributed by atoms with Gasteiger partial charge in [-0.2, -0.15) is 0 Å². The molecule has 1 aliphatic heterocycles. The van der Waals surface area contributed by atoms with Gasteiger partial charge in [0.2, 0.25) is 11.8 Å². The largest absolute Gasteiger partial charge is 0.344 e. The molecule has 0 bridgehead atoms. The van der Waals surface area contributed by atoms with Crippen LogP contribution in [-0.4, -0.2) is 48.4 Å². The Morgan fingerprint density at radius 3 is 2.56 bits per heavy atom. The third-order valence-corrected chi connectivity index (χ3v) is 5.92. The van der Waals surface area contributed by atoms with Crippen molar-refractivity contribution >= 4 is 23.5 Å². The van der Waals surface area contributed by atoms with Crippen molar-refractivity contribution in [3.63, 3.8) is 0 Å². The van der Waals surface area contributed by atoms with E-state index in [1.165, 1.54) is 18.2 Å². The molecule has 34 heavy (non-hydrogen) atoms. The minimum Gasteiger partial charge on any atom is -0.344 e. The van der Waals surface area contributed by atoms with Crippen LogP contribution in [0.2, 0.25) is 0 Å². The molecule has 2 atom stereocenters. The monoisotopic (exact) mass is 468 g/mol. The molecule has 0 unspecified atom stereocenters. The molecule has 0 aliphatic carbocycles. The van der Waals surface area contributed by atoms with Crippen LogP contribution in [0.3, 0.4) is 0 Å². The molecule has 1 aliphatic rings. The molecule has 1 fully saturated rings. The summed E-state index contributed by atoms with van der Waals surface area (Å²) < 4.78 is 13.3. The molecule has 2 aromatic carbocycles. The minimum atomic E-state index is -0.598. The van der Waals surface area contributed by atoms with Crippen molar-refractivity contribution in [1.82, 2.24) is 15.5 Å². The Hall–Kier alpha value is -3.42. The third kappa shape index (κ3) is 7.57. The van der Waals surface area contributed by atoms with Crippen LogP contribution in [0.25, 0.3) is 0 Å². The highest BCUT2D eigenvalue weighted by Crippen LogP contribution is 2.19. The number of rotatable bonds is 8. The number of piperidine rings is 1. The van der Waals surface area contributed by atoms with Crippen molar-refractivity contribution in [1.29, 1.82) is 0 Å². The molecular formula is C26H33FN4O3. The Balaban J connectivity index is 1.51. The first-order chi connectivity index (χ1) is 16.3. The van der Waals surface area contributed by atoms with Gasteiger partial charge in [0.25, 0.3) is 0 Å². The number of hydrogen-bond donors (Lipinski definition) is 3. The highest BCUT2D eigenvalue weighted by Gasteiger charge is 2.31. The Morgan fingerprint density at radius 1 is 1.09 bits per heavy atom. The van der Waals surface area contributed by atoms with Crippen molar-refractivity contribution in [3.8, 4) is 0 Å². The first-order valence-corrected chi connectivity index (χ1v) is 11.7. The smallest absolute Gasteiger partial charge is 0.319 e. The normalized spacial score (nSPS) is 16.6. The number of nitrogens with one attached hydrogen (secondary N) is 3. The maximum absolute atomic E-state index is 13.3. The molecule has 3 N–H and O–H groups in total. The standard InChI is InChI=1S/C26H33FN4O3/c1-18(2)24(30-23(32)14-19-8-4-3-5-9-19)25(33)31-13-7-10-20(17-31)16-28-26(34)29-22-12-6-11-21(27)15-22/h3-6,8-9,11-12,15,18,20,24H,7,10,13-14,16-17H2,1-2H3,(H,30,32)(H2,28,29,34)/t20-,24+/m1/s1. The average molecular weight is 469 g/mol.